The Morgan fingerprint density at radius 2 is 2.16 bits per heavy atom. The molecule has 1 rings (SSSR count). The Morgan fingerprint density at radius 3 is 2.68 bits per heavy atom. The van der Waals surface area contributed by atoms with Gasteiger partial charge in [0.25, 0.3) is 0 Å². The fraction of sp³-hybridized carbons (Fsp3) is 0.583. The van der Waals surface area contributed by atoms with Crippen LogP contribution in [0.5, 0.6) is 0 Å². The molecule has 0 radical (unpaired) electrons. The lowest BCUT2D eigenvalue weighted by atomic mass is 10.2. The minimum absolute atomic E-state index is 0.0345. The summed E-state index contributed by atoms with van der Waals surface area (Å²) in [7, 11) is -2.46. The first kappa shape index (κ1) is 16.1. The largest absolute Gasteiger partial charge is 0.465 e. The number of hydrogen-bond donors (Lipinski definition) is 1. The average Bonchev–Trinajstić information content (AvgIpc) is 2.70. The van der Waals surface area contributed by atoms with E-state index in [-0.39, 0.29) is 15.8 Å². The van der Waals surface area contributed by atoms with Crippen molar-refractivity contribution in [2.24, 2.45) is 0 Å². The second-order valence-corrected chi connectivity index (χ2v) is 6.91. The Bertz CT molecular complexity index is 548. The van der Waals surface area contributed by atoms with E-state index in [4.69, 9.17) is 0 Å². The van der Waals surface area contributed by atoms with Crippen molar-refractivity contribution in [2.45, 2.75) is 44.6 Å². The van der Waals surface area contributed by atoms with Crippen molar-refractivity contribution in [3.8, 4) is 0 Å². The molecule has 1 atom stereocenters. The Hall–Kier alpha value is -0.920. The Balaban J connectivity index is 3.14. The summed E-state index contributed by atoms with van der Waals surface area (Å²) in [5, 5.41) is 1.64. The molecule has 0 spiro atoms. The first-order valence-electron chi connectivity index (χ1n) is 6.02. The molecule has 0 amide bonds. The van der Waals surface area contributed by atoms with Crippen molar-refractivity contribution < 1.29 is 17.9 Å². The van der Waals surface area contributed by atoms with E-state index in [2.05, 4.69) is 9.46 Å². The molecule has 5 nitrogen and oxygen atoms in total. The van der Waals surface area contributed by atoms with Crippen LogP contribution in [0.25, 0.3) is 0 Å². The predicted molar refractivity (Wildman–Crippen MR) is 75.1 cm³/mol. The number of thiophene rings is 1. The third-order valence-corrected chi connectivity index (χ3v) is 5.62. The summed E-state index contributed by atoms with van der Waals surface area (Å²) < 4.78 is 31.9. The van der Waals surface area contributed by atoms with Crippen molar-refractivity contribution in [3.63, 3.8) is 0 Å². The Kier molecular flexibility index (Phi) is 5.51. The van der Waals surface area contributed by atoms with Gasteiger partial charge in [0.15, 0.2) is 0 Å². The Morgan fingerprint density at radius 1 is 1.53 bits per heavy atom. The van der Waals surface area contributed by atoms with Gasteiger partial charge >= 0.3 is 5.97 Å². The van der Waals surface area contributed by atoms with Crippen molar-refractivity contribution in [1.29, 1.82) is 0 Å². The fourth-order valence-corrected chi connectivity index (χ4v) is 4.80. The second-order valence-electron chi connectivity index (χ2n) is 4.38. The number of hydrogen-bond acceptors (Lipinski definition) is 5. The molecule has 0 bridgehead atoms. The summed E-state index contributed by atoms with van der Waals surface area (Å²) in [4.78, 5) is 11.8. The summed E-state index contributed by atoms with van der Waals surface area (Å²) in [6, 6.07) is -0.167. The van der Waals surface area contributed by atoms with Gasteiger partial charge in [-0.3, -0.25) is 0 Å². The summed E-state index contributed by atoms with van der Waals surface area (Å²) in [6.45, 7) is 5.46. The lowest BCUT2D eigenvalue weighted by Crippen LogP contribution is -2.33. The van der Waals surface area contributed by atoms with Crippen LogP contribution in [0.4, 0.5) is 0 Å². The first-order chi connectivity index (χ1) is 8.83. The molecule has 1 aromatic heterocycles. The molecule has 0 saturated heterocycles. The van der Waals surface area contributed by atoms with E-state index in [1.54, 1.807) is 19.2 Å². The average molecular weight is 305 g/mol. The van der Waals surface area contributed by atoms with Crippen LogP contribution >= 0.6 is 11.3 Å². The van der Waals surface area contributed by atoms with E-state index in [9.17, 15) is 13.2 Å². The highest BCUT2D eigenvalue weighted by Gasteiger charge is 2.28. The minimum atomic E-state index is -3.70. The lowest BCUT2D eigenvalue weighted by molar-refractivity contribution is 0.0602. The van der Waals surface area contributed by atoms with E-state index >= 15 is 0 Å². The molecular weight excluding hydrogens is 286 g/mol. The molecule has 1 unspecified atom stereocenters. The van der Waals surface area contributed by atoms with E-state index in [0.29, 0.717) is 5.56 Å². The monoisotopic (exact) mass is 305 g/mol. The molecular formula is C12H19NO4S2. The number of carbonyl (C=O) groups is 1. The molecule has 19 heavy (non-hydrogen) atoms. The van der Waals surface area contributed by atoms with Gasteiger partial charge in [-0.2, -0.15) is 0 Å². The number of methoxy groups -OCH3 is 1. The third kappa shape index (κ3) is 3.77. The highest BCUT2D eigenvalue weighted by atomic mass is 32.2. The number of ether oxygens (including phenoxy) is 1. The van der Waals surface area contributed by atoms with Crippen molar-refractivity contribution in [3.05, 3.63) is 15.8 Å². The lowest BCUT2D eigenvalue weighted by Gasteiger charge is -2.14. The van der Waals surface area contributed by atoms with Gasteiger partial charge in [-0.15, -0.1) is 11.3 Å². The van der Waals surface area contributed by atoms with Crippen molar-refractivity contribution in [2.75, 3.05) is 7.11 Å². The Labute approximate surface area is 118 Å². The molecule has 1 N–H and O–H groups in total. The number of sulfonamides is 1. The van der Waals surface area contributed by atoms with Gasteiger partial charge in [0.1, 0.15) is 9.77 Å². The van der Waals surface area contributed by atoms with Crippen LogP contribution in [-0.4, -0.2) is 27.5 Å². The zero-order chi connectivity index (χ0) is 14.6. The number of nitrogens with one attached hydrogen (secondary N) is 1. The highest BCUT2D eigenvalue weighted by Crippen LogP contribution is 2.27. The predicted octanol–water partition coefficient (Wildman–Crippen LogP) is 2.31. The van der Waals surface area contributed by atoms with Crippen LogP contribution < -0.4 is 4.72 Å². The van der Waals surface area contributed by atoms with Crippen LogP contribution in [0.15, 0.2) is 10.3 Å². The quantitative estimate of drug-likeness (QED) is 0.819. The second kappa shape index (κ2) is 6.49. The molecule has 0 saturated carbocycles. The summed E-state index contributed by atoms with van der Waals surface area (Å²) in [6.07, 6.45) is 1.63. The van der Waals surface area contributed by atoms with Gasteiger partial charge in [0.05, 0.1) is 7.11 Å². The SMILES string of the molecule is CCCC(C)NS(=O)(=O)c1c(C)csc1C(=O)OC. The molecule has 0 aliphatic heterocycles. The van der Waals surface area contributed by atoms with E-state index in [0.717, 1.165) is 24.2 Å². The van der Waals surface area contributed by atoms with Gasteiger partial charge in [-0.25, -0.2) is 17.9 Å². The summed E-state index contributed by atoms with van der Waals surface area (Å²) in [5.74, 6) is -0.624. The van der Waals surface area contributed by atoms with E-state index < -0.39 is 16.0 Å². The minimum Gasteiger partial charge on any atom is -0.465 e. The fourth-order valence-electron chi connectivity index (χ4n) is 1.82. The maximum Gasteiger partial charge on any atom is 0.349 e. The maximum atomic E-state index is 12.3. The smallest absolute Gasteiger partial charge is 0.349 e. The summed E-state index contributed by atoms with van der Waals surface area (Å²) in [5.41, 5.74) is 0.557. The molecule has 108 valence electrons. The van der Waals surface area contributed by atoms with Gasteiger partial charge in [-0.05, 0) is 31.2 Å². The summed E-state index contributed by atoms with van der Waals surface area (Å²) >= 11 is 1.08. The van der Waals surface area contributed by atoms with Crippen LogP contribution in [0, 0.1) is 6.92 Å². The van der Waals surface area contributed by atoms with Crippen LogP contribution in [-0.2, 0) is 14.8 Å². The molecule has 1 aromatic rings. The zero-order valence-electron chi connectivity index (χ0n) is 11.5. The maximum absolute atomic E-state index is 12.3. The zero-order valence-corrected chi connectivity index (χ0v) is 13.2. The van der Waals surface area contributed by atoms with Crippen molar-refractivity contribution >= 4 is 27.3 Å². The topological polar surface area (TPSA) is 72.5 Å². The van der Waals surface area contributed by atoms with E-state index in [1.807, 2.05) is 6.92 Å². The number of rotatable bonds is 6. The molecule has 0 aromatic carbocycles. The van der Waals surface area contributed by atoms with Gasteiger partial charge in [0.2, 0.25) is 10.0 Å². The molecule has 0 aliphatic rings. The first-order valence-corrected chi connectivity index (χ1v) is 8.38. The standard InChI is InChI=1S/C12H19NO4S2/c1-5-6-9(3)13-19(15,16)11-8(2)7-18-10(11)12(14)17-4/h7,9,13H,5-6H2,1-4H3. The normalized spacial score (nSPS) is 13.3. The molecule has 0 fully saturated rings. The highest BCUT2D eigenvalue weighted by molar-refractivity contribution is 7.89. The van der Waals surface area contributed by atoms with Crippen LogP contribution in [0.2, 0.25) is 0 Å². The third-order valence-electron chi connectivity index (χ3n) is 2.64. The van der Waals surface area contributed by atoms with Gasteiger partial charge in [-0.1, -0.05) is 13.3 Å². The van der Waals surface area contributed by atoms with Crippen LogP contribution in [0.1, 0.15) is 41.9 Å². The molecule has 1 heterocycles. The number of carbonyl (C=O) groups excluding carboxylic acids is 1. The number of aryl methyl sites for hydroxylation is 1. The van der Waals surface area contributed by atoms with E-state index in [1.165, 1.54) is 7.11 Å². The van der Waals surface area contributed by atoms with Gasteiger partial charge in [0, 0.05) is 6.04 Å². The number of esters is 1. The van der Waals surface area contributed by atoms with Crippen LogP contribution in [0.3, 0.4) is 0 Å². The van der Waals surface area contributed by atoms with Crippen molar-refractivity contribution in [1.82, 2.24) is 4.72 Å². The molecule has 7 heteroatoms. The molecule has 0 aliphatic carbocycles. The van der Waals surface area contributed by atoms with Gasteiger partial charge < -0.3 is 4.74 Å².